The standard InChI is InChI=1S/C22H34O5/c1-3-5-14-22(27,4-2)15-10-12-18-17(19(23)16-20(18)24)11-8-6-7-9-13-21(25)26/h2,6,8,10,12,17-20,23-24,27H,3,5,7,9,11,13-16H2,1H3,(H,25,26)/t17-,18-,19+,20-,22?/m1/s1. The summed E-state index contributed by atoms with van der Waals surface area (Å²) in [5, 5.41) is 39.5. The van der Waals surface area contributed by atoms with E-state index >= 15 is 0 Å². The molecule has 0 heterocycles. The minimum atomic E-state index is -1.16. The second-order valence-electron chi connectivity index (χ2n) is 7.52. The lowest BCUT2D eigenvalue weighted by molar-refractivity contribution is -0.137. The highest BCUT2D eigenvalue weighted by molar-refractivity contribution is 5.66. The largest absolute Gasteiger partial charge is 0.481 e. The molecule has 0 radical (unpaired) electrons. The molecule has 1 rings (SSSR count). The normalized spacial score (nSPS) is 27.8. The van der Waals surface area contributed by atoms with E-state index in [2.05, 4.69) is 5.92 Å². The van der Waals surface area contributed by atoms with Crippen molar-refractivity contribution < 1.29 is 25.2 Å². The number of rotatable bonds is 12. The summed E-state index contributed by atoms with van der Waals surface area (Å²) in [5.41, 5.74) is -1.16. The third kappa shape index (κ3) is 8.30. The molecule has 0 aromatic rings. The molecule has 1 unspecified atom stereocenters. The zero-order chi connectivity index (χ0) is 20.3. The molecule has 1 saturated carbocycles. The predicted octanol–water partition coefficient (Wildman–Crippen LogP) is 3.05. The molecule has 1 aliphatic carbocycles. The van der Waals surface area contributed by atoms with Crippen molar-refractivity contribution in [1.82, 2.24) is 0 Å². The van der Waals surface area contributed by atoms with E-state index in [1.54, 1.807) is 0 Å². The molecule has 152 valence electrons. The van der Waals surface area contributed by atoms with Gasteiger partial charge in [0.1, 0.15) is 5.60 Å². The van der Waals surface area contributed by atoms with Crippen LogP contribution in [0.4, 0.5) is 0 Å². The number of hydrogen-bond acceptors (Lipinski definition) is 4. The van der Waals surface area contributed by atoms with Crippen molar-refractivity contribution in [2.24, 2.45) is 11.8 Å². The van der Waals surface area contributed by atoms with E-state index in [9.17, 15) is 20.1 Å². The minimum Gasteiger partial charge on any atom is -0.481 e. The quantitative estimate of drug-likeness (QED) is 0.238. The van der Waals surface area contributed by atoms with Crippen LogP contribution in [-0.2, 0) is 4.79 Å². The zero-order valence-electron chi connectivity index (χ0n) is 16.3. The summed E-state index contributed by atoms with van der Waals surface area (Å²) in [6.45, 7) is 2.04. The first-order chi connectivity index (χ1) is 12.8. The Morgan fingerprint density at radius 2 is 1.96 bits per heavy atom. The Morgan fingerprint density at radius 1 is 1.22 bits per heavy atom. The van der Waals surface area contributed by atoms with Crippen LogP contribution < -0.4 is 0 Å². The summed E-state index contributed by atoms with van der Waals surface area (Å²) in [7, 11) is 0. The van der Waals surface area contributed by atoms with Gasteiger partial charge in [-0.2, -0.15) is 0 Å². The topological polar surface area (TPSA) is 98.0 Å². The van der Waals surface area contributed by atoms with Crippen LogP contribution in [0.15, 0.2) is 24.3 Å². The lowest BCUT2D eigenvalue weighted by atomic mass is 9.88. The first-order valence-corrected chi connectivity index (χ1v) is 9.92. The van der Waals surface area contributed by atoms with E-state index < -0.39 is 23.8 Å². The van der Waals surface area contributed by atoms with Gasteiger partial charge in [-0.25, -0.2) is 0 Å². The van der Waals surface area contributed by atoms with Crippen LogP contribution in [0.25, 0.3) is 0 Å². The van der Waals surface area contributed by atoms with Crippen LogP contribution >= 0.6 is 0 Å². The monoisotopic (exact) mass is 378 g/mol. The van der Waals surface area contributed by atoms with Gasteiger partial charge < -0.3 is 20.4 Å². The second-order valence-corrected chi connectivity index (χ2v) is 7.52. The van der Waals surface area contributed by atoms with Crippen molar-refractivity contribution in [2.45, 2.75) is 82.5 Å². The summed E-state index contributed by atoms with van der Waals surface area (Å²) in [6, 6.07) is 0. The minimum absolute atomic E-state index is 0.0958. The van der Waals surface area contributed by atoms with Crippen molar-refractivity contribution in [3.63, 3.8) is 0 Å². The fraction of sp³-hybridized carbons (Fsp3) is 0.682. The van der Waals surface area contributed by atoms with Gasteiger partial charge in [-0.3, -0.25) is 4.79 Å². The lowest BCUT2D eigenvalue weighted by Gasteiger charge is -2.22. The number of aliphatic hydroxyl groups excluding tert-OH is 2. The summed E-state index contributed by atoms with van der Waals surface area (Å²) in [5.74, 6) is 1.39. The third-order valence-corrected chi connectivity index (χ3v) is 5.28. The predicted molar refractivity (Wildman–Crippen MR) is 106 cm³/mol. The summed E-state index contributed by atoms with van der Waals surface area (Å²) >= 11 is 0. The van der Waals surface area contributed by atoms with E-state index in [-0.39, 0.29) is 18.3 Å². The highest BCUT2D eigenvalue weighted by atomic mass is 16.4. The van der Waals surface area contributed by atoms with Gasteiger partial charge in [-0.15, -0.1) is 6.42 Å². The van der Waals surface area contributed by atoms with Gasteiger partial charge in [0.15, 0.2) is 0 Å². The van der Waals surface area contributed by atoms with E-state index in [0.717, 1.165) is 12.8 Å². The maximum Gasteiger partial charge on any atom is 0.303 e. The summed E-state index contributed by atoms with van der Waals surface area (Å²) in [6.07, 6.45) is 16.9. The van der Waals surface area contributed by atoms with Crippen molar-refractivity contribution >= 4 is 5.97 Å². The van der Waals surface area contributed by atoms with E-state index in [1.165, 1.54) is 0 Å². The van der Waals surface area contributed by atoms with Crippen LogP contribution in [0.2, 0.25) is 0 Å². The van der Waals surface area contributed by atoms with Gasteiger partial charge in [-0.05, 0) is 38.0 Å². The molecule has 0 amide bonds. The summed E-state index contributed by atoms with van der Waals surface area (Å²) < 4.78 is 0. The molecule has 0 aromatic carbocycles. The average Bonchev–Trinajstić information content (AvgIpc) is 2.89. The van der Waals surface area contributed by atoms with Gasteiger partial charge >= 0.3 is 5.97 Å². The molecule has 27 heavy (non-hydrogen) atoms. The van der Waals surface area contributed by atoms with Gasteiger partial charge in [0, 0.05) is 25.2 Å². The molecule has 0 spiro atoms. The zero-order valence-corrected chi connectivity index (χ0v) is 16.3. The van der Waals surface area contributed by atoms with Crippen molar-refractivity contribution in [2.75, 3.05) is 0 Å². The highest BCUT2D eigenvalue weighted by Gasteiger charge is 2.39. The Kier molecular flexibility index (Phi) is 10.4. The Labute approximate surface area is 162 Å². The number of terminal acetylenes is 1. The molecule has 0 bridgehead atoms. The first-order valence-electron chi connectivity index (χ1n) is 9.92. The van der Waals surface area contributed by atoms with Gasteiger partial charge in [0.05, 0.1) is 12.2 Å². The van der Waals surface area contributed by atoms with E-state index in [4.69, 9.17) is 11.5 Å². The third-order valence-electron chi connectivity index (χ3n) is 5.28. The number of carboxylic acid groups (broad SMARTS) is 1. The molecule has 4 N–H and O–H groups in total. The van der Waals surface area contributed by atoms with Gasteiger partial charge in [0.2, 0.25) is 0 Å². The van der Waals surface area contributed by atoms with Crippen molar-refractivity contribution in [3.8, 4) is 12.3 Å². The Hall–Kier alpha value is -1.61. The number of carboxylic acids is 1. The SMILES string of the molecule is C#CC(O)(CC=C[C@@H]1[C@@H](CC=CCCCC(=O)O)[C@@H](O)C[C@H]1O)CCCC. The maximum absolute atomic E-state index is 10.5. The number of allylic oxidation sites excluding steroid dienone is 2. The Balaban J connectivity index is 2.58. The molecule has 0 saturated heterocycles. The maximum atomic E-state index is 10.5. The van der Waals surface area contributed by atoms with E-state index in [1.807, 2.05) is 31.2 Å². The molecule has 5 nitrogen and oxygen atoms in total. The van der Waals surface area contributed by atoms with Crippen LogP contribution in [-0.4, -0.2) is 44.2 Å². The van der Waals surface area contributed by atoms with Crippen LogP contribution in [0.3, 0.4) is 0 Å². The number of carbonyl (C=O) groups is 1. The van der Waals surface area contributed by atoms with Crippen LogP contribution in [0.5, 0.6) is 0 Å². The molecule has 0 aliphatic heterocycles. The first kappa shape index (κ1) is 23.4. The molecule has 1 aliphatic rings. The number of aliphatic hydroxyl groups is 3. The Bertz CT molecular complexity index is 547. The van der Waals surface area contributed by atoms with Crippen molar-refractivity contribution in [1.29, 1.82) is 0 Å². The second kappa shape index (κ2) is 12.0. The average molecular weight is 379 g/mol. The lowest BCUT2D eigenvalue weighted by Crippen LogP contribution is -2.25. The van der Waals surface area contributed by atoms with Crippen LogP contribution in [0, 0.1) is 24.2 Å². The molecular formula is C22H34O5. The number of unbranched alkanes of at least 4 members (excludes halogenated alkanes) is 2. The number of aliphatic carboxylic acids is 1. The highest BCUT2D eigenvalue weighted by Crippen LogP contribution is 2.36. The summed E-state index contributed by atoms with van der Waals surface area (Å²) in [4.78, 5) is 10.5. The van der Waals surface area contributed by atoms with Gasteiger partial charge in [-0.1, -0.05) is 43.6 Å². The Morgan fingerprint density at radius 3 is 2.59 bits per heavy atom. The molecule has 0 aromatic heterocycles. The molecular weight excluding hydrogens is 344 g/mol. The van der Waals surface area contributed by atoms with Gasteiger partial charge in [0.25, 0.3) is 0 Å². The molecule has 1 fully saturated rings. The molecule has 5 atom stereocenters. The van der Waals surface area contributed by atoms with Crippen molar-refractivity contribution in [3.05, 3.63) is 24.3 Å². The fourth-order valence-corrected chi connectivity index (χ4v) is 3.57. The van der Waals surface area contributed by atoms with Crippen LogP contribution in [0.1, 0.15) is 64.7 Å². The van der Waals surface area contributed by atoms with E-state index in [0.29, 0.717) is 38.5 Å². The fourth-order valence-electron chi connectivity index (χ4n) is 3.57. The molecule has 5 heteroatoms. The smallest absolute Gasteiger partial charge is 0.303 e. The number of hydrogen-bond donors (Lipinski definition) is 4.